The van der Waals surface area contributed by atoms with Gasteiger partial charge in [0.2, 0.25) is 5.13 Å². The fraction of sp³-hybridized carbons (Fsp3) is 0.812. The van der Waals surface area contributed by atoms with Gasteiger partial charge in [-0.25, -0.2) is 20.7 Å². The number of rotatable bonds is 15. The summed E-state index contributed by atoms with van der Waals surface area (Å²) >= 11 is 6.72. The number of alkyl halides is 1. The summed E-state index contributed by atoms with van der Waals surface area (Å²) in [6, 6.07) is -0.477. The average Bonchev–Trinajstić information content (AvgIpc) is 3.09. The summed E-state index contributed by atoms with van der Waals surface area (Å²) in [6.07, 6.45) is 12.7. The Morgan fingerprint density at radius 2 is 1.72 bits per heavy atom. The maximum atomic E-state index is 11.5. The number of hydrogen-bond donors (Lipinski definition) is 3. The summed E-state index contributed by atoms with van der Waals surface area (Å²) in [5, 5.41) is 0.473. The van der Waals surface area contributed by atoms with Gasteiger partial charge in [0.25, 0.3) is 0 Å². The van der Waals surface area contributed by atoms with Crippen LogP contribution in [0, 0.1) is 0 Å². The molecule has 0 spiro atoms. The van der Waals surface area contributed by atoms with Crippen molar-refractivity contribution in [1.82, 2.24) is 20.3 Å². The molecule has 144 valence electrons. The Kier molecular flexibility index (Phi) is 13.3. The molecule has 0 aliphatic rings. The van der Waals surface area contributed by atoms with Crippen LogP contribution in [0.15, 0.2) is 0 Å². The third kappa shape index (κ3) is 12.0. The molecule has 1 heterocycles. The van der Waals surface area contributed by atoms with Crippen LogP contribution in [0.3, 0.4) is 0 Å². The smallest absolute Gasteiger partial charge is 0.272 e. The predicted octanol–water partition coefficient (Wildman–Crippen LogP) is 4.76. The molecule has 3 N–H and O–H groups in total. The van der Waals surface area contributed by atoms with Crippen molar-refractivity contribution >= 4 is 34.3 Å². The van der Waals surface area contributed by atoms with Gasteiger partial charge in [0.15, 0.2) is 5.82 Å². The number of aromatic nitrogens is 2. The first-order valence-corrected chi connectivity index (χ1v) is 10.4. The largest absolute Gasteiger partial charge is 0.357 e. The molecule has 7 nitrogen and oxygen atoms in total. The van der Waals surface area contributed by atoms with Crippen LogP contribution in [0.1, 0.15) is 77.0 Å². The standard InChI is InChI=1S/C16H30ClN5O2S/c1-2-3-4-5-6-7-8-9-10-11-12-24-21-15(23)19-20-16-18-14(13-17)22-25-16/h2-13H2,1H3,(H,18,20,22)(H2,19,21,23). The molecule has 9 heteroatoms. The molecular formula is C16H30ClN5O2S. The van der Waals surface area contributed by atoms with Crippen molar-refractivity contribution in [3.05, 3.63) is 5.82 Å². The quantitative estimate of drug-likeness (QED) is 0.228. The first-order valence-electron chi connectivity index (χ1n) is 9.08. The van der Waals surface area contributed by atoms with Gasteiger partial charge in [0, 0.05) is 11.5 Å². The Bertz CT molecular complexity index is 461. The lowest BCUT2D eigenvalue weighted by Gasteiger charge is -2.07. The summed E-state index contributed by atoms with van der Waals surface area (Å²) in [7, 11) is 0. The molecule has 0 aromatic carbocycles. The highest BCUT2D eigenvalue weighted by molar-refractivity contribution is 7.09. The topological polar surface area (TPSA) is 88.2 Å². The van der Waals surface area contributed by atoms with Crippen molar-refractivity contribution in [3.63, 3.8) is 0 Å². The number of halogens is 1. The van der Waals surface area contributed by atoms with Gasteiger partial charge < -0.3 is 0 Å². The molecule has 0 fully saturated rings. The van der Waals surface area contributed by atoms with Crippen molar-refractivity contribution < 1.29 is 9.63 Å². The normalized spacial score (nSPS) is 10.6. The number of nitrogens with one attached hydrogen (secondary N) is 3. The maximum absolute atomic E-state index is 11.5. The first-order chi connectivity index (χ1) is 12.3. The second-order valence-corrected chi connectivity index (χ2v) is 6.88. The van der Waals surface area contributed by atoms with Crippen LogP contribution in [0.4, 0.5) is 9.93 Å². The second kappa shape index (κ2) is 15.2. The van der Waals surface area contributed by atoms with Crippen LogP contribution in [-0.4, -0.2) is 22.0 Å². The number of urea groups is 1. The van der Waals surface area contributed by atoms with Crippen LogP contribution in [0.2, 0.25) is 0 Å². The first kappa shape index (κ1) is 21.9. The summed E-state index contributed by atoms with van der Waals surface area (Å²) in [5.41, 5.74) is 7.37. The summed E-state index contributed by atoms with van der Waals surface area (Å²) in [5.74, 6) is 0.764. The number of amides is 2. The third-order valence-electron chi connectivity index (χ3n) is 3.64. The minimum atomic E-state index is -0.477. The fourth-order valence-corrected chi connectivity index (χ4v) is 3.00. The monoisotopic (exact) mass is 391 g/mol. The van der Waals surface area contributed by atoms with Crippen molar-refractivity contribution in [3.8, 4) is 0 Å². The molecule has 0 aliphatic heterocycles. The van der Waals surface area contributed by atoms with Gasteiger partial charge in [-0.1, -0.05) is 64.7 Å². The zero-order valence-corrected chi connectivity index (χ0v) is 16.6. The molecular weight excluding hydrogens is 362 g/mol. The lowest BCUT2D eigenvalue weighted by Crippen LogP contribution is -2.39. The number of hydroxylamine groups is 1. The summed E-state index contributed by atoms with van der Waals surface area (Å²) < 4.78 is 3.98. The molecule has 0 bridgehead atoms. The van der Waals surface area contributed by atoms with E-state index in [1.807, 2.05) is 0 Å². The van der Waals surface area contributed by atoms with Crippen molar-refractivity contribution in [2.45, 2.75) is 77.0 Å². The SMILES string of the molecule is CCCCCCCCCCCCONC(=O)NNc1nc(CCl)ns1. The average molecular weight is 392 g/mol. The molecule has 0 aliphatic carbocycles. The zero-order chi connectivity index (χ0) is 18.2. The molecule has 0 atom stereocenters. The Morgan fingerprint density at radius 1 is 1.08 bits per heavy atom. The highest BCUT2D eigenvalue weighted by Crippen LogP contribution is 2.11. The molecule has 0 unspecified atom stereocenters. The molecule has 0 radical (unpaired) electrons. The molecule has 25 heavy (non-hydrogen) atoms. The molecule has 1 aromatic rings. The number of hydrogen-bond acceptors (Lipinski definition) is 6. The highest BCUT2D eigenvalue weighted by Gasteiger charge is 2.04. The van der Waals surface area contributed by atoms with E-state index in [2.05, 4.69) is 32.6 Å². The van der Waals surface area contributed by atoms with Crippen LogP contribution in [-0.2, 0) is 10.7 Å². The minimum absolute atomic E-state index is 0.242. The van der Waals surface area contributed by atoms with Gasteiger partial charge in [0.1, 0.15) is 0 Å². The van der Waals surface area contributed by atoms with Crippen LogP contribution >= 0.6 is 23.1 Å². The summed E-state index contributed by atoms with van der Waals surface area (Å²) in [4.78, 5) is 20.7. The van der Waals surface area contributed by atoms with E-state index in [1.54, 1.807) is 0 Å². The summed E-state index contributed by atoms with van der Waals surface area (Å²) in [6.45, 7) is 2.76. The zero-order valence-electron chi connectivity index (χ0n) is 15.0. The lowest BCUT2D eigenvalue weighted by atomic mass is 10.1. The molecule has 1 aromatic heterocycles. The molecule has 2 amide bonds. The van der Waals surface area contributed by atoms with E-state index in [1.165, 1.54) is 51.4 Å². The number of nitrogens with zero attached hydrogens (tertiary/aromatic N) is 2. The third-order valence-corrected chi connectivity index (χ3v) is 4.54. The van der Waals surface area contributed by atoms with Gasteiger partial charge in [-0.15, -0.1) is 11.6 Å². The van der Waals surface area contributed by atoms with Gasteiger partial charge >= 0.3 is 6.03 Å². The van der Waals surface area contributed by atoms with Gasteiger partial charge in [-0.05, 0) is 6.42 Å². The van der Waals surface area contributed by atoms with E-state index in [4.69, 9.17) is 16.4 Å². The van der Waals surface area contributed by atoms with Gasteiger partial charge in [0.05, 0.1) is 12.5 Å². The Morgan fingerprint density at radius 3 is 2.32 bits per heavy atom. The van der Waals surface area contributed by atoms with Crippen molar-refractivity contribution in [2.75, 3.05) is 12.0 Å². The van der Waals surface area contributed by atoms with E-state index in [-0.39, 0.29) is 5.88 Å². The Hall–Kier alpha value is -1.12. The molecule has 0 saturated carbocycles. The van der Waals surface area contributed by atoms with Crippen molar-refractivity contribution in [1.29, 1.82) is 0 Å². The number of hydrazine groups is 1. The predicted molar refractivity (Wildman–Crippen MR) is 103 cm³/mol. The minimum Gasteiger partial charge on any atom is -0.272 e. The number of anilines is 1. The van der Waals surface area contributed by atoms with Crippen LogP contribution < -0.4 is 16.3 Å². The molecule has 1 rings (SSSR count). The van der Waals surface area contributed by atoms with E-state index < -0.39 is 6.03 Å². The second-order valence-electron chi connectivity index (χ2n) is 5.86. The van der Waals surface area contributed by atoms with E-state index in [0.29, 0.717) is 17.6 Å². The van der Waals surface area contributed by atoms with Crippen molar-refractivity contribution in [2.24, 2.45) is 0 Å². The molecule has 0 saturated heterocycles. The lowest BCUT2D eigenvalue weighted by molar-refractivity contribution is 0.0591. The van der Waals surface area contributed by atoms with Gasteiger partial charge in [-0.2, -0.15) is 4.37 Å². The van der Waals surface area contributed by atoms with Crippen LogP contribution in [0.5, 0.6) is 0 Å². The Labute approximate surface area is 159 Å². The number of carbonyl (C=O) groups is 1. The maximum Gasteiger partial charge on any atom is 0.357 e. The Balaban J connectivity index is 1.85. The van der Waals surface area contributed by atoms with E-state index >= 15 is 0 Å². The van der Waals surface area contributed by atoms with Gasteiger partial charge in [-0.3, -0.25) is 10.3 Å². The fourth-order valence-electron chi connectivity index (χ4n) is 2.27. The number of carbonyl (C=O) groups excluding carboxylic acids is 1. The van der Waals surface area contributed by atoms with E-state index in [9.17, 15) is 4.79 Å². The van der Waals surface area contributed by atoms with E-state index in [0.717, 1.165) is 24.4 Å². The number of unbranched alkanes of at least 4 members (excludes halogenated alkanes) is 9. The van der Waals surface area contributed by atoms with Crippen LogP contribution in [0.25, 0.3) is 0 Å². The highest BCUT2D eigenvalue weighted by atomic mass is 35.5.